The smallest absolute Gasteiger partial charge is 0.246 e. The number of benzene rings is 3. The highest BCUT2D eigenvalue weighted by molar-refractivity contribution is 5.96. The van der Waals surface area contributed by atoms with Crippen molar-refractivity contribution in [2.75, 3.05) is 10.6 Å². The van der Waals surface area contributed by atoms with E-state index in [1.54, 1.807) is 6.92 Å². The van der Waals surface area contributed by atoms with Gasteiger partial charge in [-0.3, -0.25) is 4.79 Å². The molecule has 1 atom stereocenters. The van der Waals surface area contributed by atoms with E-state index in [2.05, 4.69) is 10.6 Å². The first-order chi connectivity index (χ1) is 13.0. The Morgan fingerprint density at radius 2 is 1.44 bits per heavy atom. The van der Waals surface area contributed by atoms with Crippen LogP contribution in [0.3, 0.4) is 0 Å². The molecule has 3 aromatic carbocycles. The fourth-order valence-electron chi connectivity index (χ4n) is 2.57. The van der Waals surface area contributed by atoms with Gasteiger partial charge in [-0.15, -0.1) is 0 Å². The molecule has 138 valence electrons. The molecule has 0 saturated carbocycles. The van der Waals surface area contributed by atoms with E-state index in [4.69, 9.17) is 0 Å². The maximum absolute atomic E-state index is 13.7. The van der Waals surface area contributed by atoms with Gasteiger partial charge in [0.1, 0.15) is 6.04 Å². The van der Waals surface area contributed by atoms with Gasteiger partial charge in [-0.25, -0.2) is 13.2 Å². The minimum absolute atomic E-state index is 0.410. The van der Waals surface area contributed by atoms with Crippen molar-refractivity contribution in [3.8, 4) is 11.1 Å². The van der Waals surface area contributed by atoms with E-state index in [0.717, 1.165) is 23.3 Å². The van der Waals surface area contributed by atoms with Crippen molar-refractivity contribution in [3.63, 3.8) is 0 Å². The summed E-state index contributed by atoms with van der Waals surface area (Å²) in [5.74, 6) is -4.94. The summed E-state index contributed by atoms with van der Waals surface area (Å²) < 4.78 is 39.9. The lowest BCUT2D eigenvalue weighted by atomic mass is 10.1. The zero-order valence-corrected chi connectivity index (χ0v) is 14.5. The Labute approximate surface area is 154 Å². The molecule has 0 heterocycles. The quantitative estimate of drug-likeness (QED) is 0.606. The van der Waals surface area contributed by atoms with Crippen molar-refractivity contribution >= 4 is 17.3 Å². The number of rotatable bonds is 5. The lowest BCUT2D eigenvalue weighted by Gasteiger charge is -2.16. The fourth-order valence-corrected chi connectivity index (χ4v) is 2.57. The lowest BCUT2D eigenvalue weighted by molar-refractivity contribution is -0.116. The molecule has 6 heteroatoms. The van der Waals surface area contributed by atoms with E-state index in [0.29, 0.717) is 5.69 Å². The summed E-state index contributed by atoms with van der Waals surface area (Å²) in [7, 11) is 0. The molecular weight excluding hydrogens is 353 g/mol. The predicted octanol–water partition coefficient (Wildman–Crippen LogP) is 5.21. The van der Waals surface area contributed by atoms with Crippen molar-refractivity contribution in [1.82, 2.24) is 0 Å². The molecule has 2 N–H and O–H groups in total. The zero-order valence-electron chi connectivity index (χ0n) is 14.5. The summed E-state index contributed by atoms with van der Waals surface area (Å²) in [5, 5.41) is 5.24. The average molecular weight is 370 g/mol. The number of halogens is 3. The summed E-state index contributed by atoms with van der Waals surface area (Å²) in [5.41, 5.74) is 2.39. The molecule has 0 saturated heterocycles. The first-order valence-corrected chi connectivity index (χ1v) is 8.32. The van der Waals surface area contributed by atoms with E-state index >= 15 is 0 Å². The number of carbonyl (C=O) groups is 1. The maximum atomic E-state index is 13.7. The van der Waals surface area contributed by atoms with Gasteiger partial charge >= 0.3 is 0 Å². The molecule has 0 aliphatic heterocycles. The number of amides is 1. The summed E-state index contributed by atoms with van der Waals surface area (Å²) in [6.45, 7) is 1.58. The van der Waals surface area contributed by atoms with Gasteiger partial charge < -0.3 is 10.6 Å². The van der Waals surface area contributed by atoms with Crippen LogP contribution in [0, 0.1) is 17.5 Å². The summed E-state index contributed by atoms with van der Waals surface area (Å²) in [6, 6.07) is 18.3. The van der Waals surface area contributed by atoms with E-state index in [1.807, 2.05) is 54.6 Å². The molecule has 0 fully saturated rings. The van der Waals surface area contributed by atoms with Crippen molar-refractivity contribution in [3.05, 3.63) is 84.2 Å². The van der Waals surface area contributed by atoms with Crippen molar-refractivity contribution in [2.45, 2.75) is 13.0 Å². The Kier molecular flexibility index (Phi) is 5.45. The maximum Gasteiger partial charge on any atom is 0.246 e. The SMILES string of the molecule is C[C@H](Nc1ccc(-c2ccccc2)cc1)C(=O)Nc1ccc(F)c(F)c1F. The first kappa shape index (κ1) is 18.5. The zero-order chi connectivity index (χ0) is 19.4. The second-order valence-electron chi connectivity index (χ2n) is 6.02. The molecule has 0 aliphatic carbocycles. The molecule has 3 nitrogen and oxygen atoms in total. The molecule has 0 aromatic heterocycles. The molecule has 0 unspecified atom stereocenters. The van der Waals surface area contributed by atoms with Crippen LogP contribution in [0.1, 0.15) is 6.92 Å². The average Bonchev–Trinajstić information content (AvgIpc) is 2.69. The second-order valence-corrected chi connectivity index (χ2v) is 6.02. The van der Waals surface area contributed by atoms with E-state index in [1.165, 1.54) is 0 Å². The van der Waals surface area contributed by atoms with E-state index in [-0.39, 0.29) is 0 Å². The van der Waals surface area contributed by atoms with Crippen molar-refractivity contribution < 1.29 is 18.0 Å². The fraction of sp³-hybridized carbons (Fsp3) is 0.0952. The Morgan fingerprint density at radius 1 is 0.815 bits per heavy atom. The van der Waals surface area contributed by atoms with Gasteiger partial charge in [0.15, 0.2) is 17.5 Å². The second kappa shape index (κ2) is 7.95. The monoisotopic (exact) mass is 370 g/mol. The highest BCUT2D eigenvalue weighted by atomic mass is 19.2. The minimum Gasteiger partial charge on any atom is -0.374 e. The van der Waals surface area contributed by atoms with Crippen molar-refractivity contribution in [2.24, 2.45) is 0 Å². The van der Waals surface area contributed by atoms with Crippen LogP contribution in [-0.4, -0.2) is 11.9 Å². The third-order valence-electron chi connectivity index (χ3n) is 4.06. The van der Waals surface area contributed by atoms with Crippen LogP contribution in [0.15, 0.2) is 66.7 Å². The predicted molar refractivity (Wildman–Crippen MR) is 99.9 cm³/mol. The number of hydrogen-bond donors (Lipinski definition) is 2. The van der Waals surface area contributed by atoms with Gasteiger partial charge in [0.05, 0.1) is 5.69 Å². The summed E-state index contributed by atoms with van der Waals surface area (Å²) in [4.78, 5) is 12.2. The number of hydrogen-bond acceptors (Lipinski definition) is 2. The van der Waals surface area contributed by atoms with Gasteiger partial charge in [0.2, 0.25) is 5.91 Å². The third-order valence-corrected chi connectivity index (χ3v) is 4.06. The van der Waals surface area contributed by atoms with Gasteiger partial charge in [-0.2, -0.15) is 0 Å². The van der Waals surface area contributed by atoms with E-state index < -0.39 is 35.1 Å². The normalized spacial score (nSPS) is 11.7. The van der Waals surface area contributed by atoms with Crippen LogP contribution in [0.4, 0.5) is 24.5 Å². The van der Waals surface area contributed by atoms with Crippen LogP contribution in [0.2, 0.25) is 0 Å². The van der Waals surface area contributed by atoms with Crippen LogP contribution in [0.25, 0.3) is 11.1 Å². The minimum atomic E-state index is -1.62. The van der Waals surface area contributed by atoms with Gasteiger partial charge in [-0.05, 0) is 42.3 Å². The lowest BCUT2D eigenvalue weighted by Crippen LogP contribution is -2.32. The highest BCUT2D eigenvalue weighted by Gasteiger charge is 2.18. The van der Waals surface area contributed by atoms with Gasteiger partial charge in [0.25, 0.3) is 0 Å². The molecule has 3 aromatic rings. The van der Waals surface area contributed by atoms with Gasteiger partial charge in [-0.1, -0.05) is 42.5 Å². The van der Waals surface area contributed by atoms with Crippen LogP contribution in [-0.2, 0) is 4.79 Å². The topological polar surface area (TPSA) is 41.1 Å². The highest BCUT2D eigenvalue weighted by Crippen LogP contribution is 2.22. The van der Waals surface area contributed by atoms with Crippen LogP contribution >= 0.6 is 0 Å². The molecule has 27 heavy (non-hydrogen) atoms. The molecule has 0 aliphatic rings. The molecule has 0 spiro atoms. The Hall–Kier alpha value is -3.28. The Balaban J connectivity index is 1.65. The first-order valence-electron chi connectivity index (χ1n) is 8.32. The summed E-state index contributed by atoms with van der Waals surface area (Å²) >= 11 is 0. The van der Waals surface area contributed by atoms with Crippen molar-refractivity contribution in [1.29, 1.82) is 0 Å². The largest absolute Gasteiger partial charge is 0.374 e. The third kappa shape index (κ3) is 4.28. The molecule has 0 bridgehead atoms. The Morgan fingerprint density at radius 3 is 2.11 bits per heavy atom. The number of nitrogens with one attached hydrogen (secondary N) is 2. The Bertz CT molecular complexity index is 944. The molecule has 3 rings (SSSR count). The van der Waals surface area contributed by atoms with Crippen LogP contribution < -0.4 is 10.6 Å². The van der Waals surface area contributed by atoms with E-state index in [9.17, 15) is 18.0 Å². The van der Waals surface area contributed by atoms with Crippen LogP contribution in [0.5, 0.6) is 0 Å². The number of carbonyl (C=O) groups excluding carboxylic acids is 1. The molecule has 0 radical (unpaired) electrons. The molecule has 1 amide bonds. The molecular formula is C21H17F3N2O. The van der Waals surface area contributed by atoms with Gasteiger partial charge in [0, 0.05) is 5.69 Å². The standard InChI is InChI=1S/C21H17F3N2O/c1-13(21(27)26-18-12-11-17(22)19(23)20(18)24)25-16-9-7-15(8-10-16)14-5-3-2-4-6-14/h2-13,25H,1H3,(H,26,27)/t13-/m0/s1. The summed E-state index contributed by atoms with van der Waals surface area (Å²) in [6.07, 6.45) is 0. The number of anilines is 2.